The van der Waals surface area contributed by atoms with Crippen LogP contribution in [0.4, 0.5) is 0 Å². The van der Waals surface area contributed by atoms with Gasteiger partial charge in [-0.15, -0.1) is 0 Å². The van der Waals surface area contributed by atoms with Crippen molar-refractivity contribution >= 4 is 17.8 Å². The van der Waals surface area contributed by atoms with Gasteiger partial charge in [0, 0.05) is 19.2 Å². The molecule has 8 heteroatoms. The largest absolute Gasteiger partial charge is 0.461 e. The molecular weight excluding hydrogens is 444 g/mol. The lowest BCUT2D eigenvalue weighted by Gasteiger charge is -2.43. The molecule has 1 aromatic heterocycles. The van der Waals surface area contributed by atoms with Crippen molar-refractivity contribution < 1.29 is 19.1 Å². The first-order valence-electron chi connectivity index (χ1n) is 11.8. The Morgan fingerprint density at radius 2 is 1.74 bits per heavy atom. The number of benzene rings is 2. The van der Waals surface area contributed by atoms with E-state index >= 15 is 0 Å². The van der Waals surface area contributed by atoms with Gasteiger partial charge in [-0.3, -0.25) is 14.3 Å². The Bertz CT molecular complexity index is 1240. The van der Waals surface area contributed by atoms with Crippen molar-refractivity contribution in [2.45, 2.75) is 52.4 Å². The maximum absolute atomic E-state index is 13.7. The minimum absolute atomic E-state index is 0.0528. The molecule has 2 heterocycles. The molecule has 2 amide bonds. The molecule has 0 radical (unpaired) electrons. The molecule has 0 spiro atoms. The molecule has 1 aliphatic rings. The first kappa shape index (κ1) is 24.2. The molecule has 35 heavy (non-hydrogen) atoms. The topological polar surface area (TPSA) is 93.5 Å². The van der Waals surface area contributed by atoms with E-state index in [-0.39, 0.29) is 42.9 Å². The summed E-state index contributed by atoms with van der Waals surface area (Å²) >= 11 is 0. The summed E-state index contributed by atoms with van der Waals surface area (Å²) in [6, 6.07) is 19.0. The first-order chi connectivity index (χ1) is 16.9. The van der Waals surface area contributed by atoms with Crippen LogP contribution in [-0.2, 0) is 35.6 Å². The van der Waals surface area contributed by atoms with Crippen molar-refractivity contribution in [2.75, 3.05) is 6.61 Å². The van der Waals surface area contributed by atoms with Crippen molar-refractivity contribution in [1.29, 1.82) is 0 Å². The summed E-state index contributed by atoms with van der Waals surface area (Å²) in [4.78, 5) is 41.1. The third kappa shape index (κ3) is 4.96. The van der Waals surface area contributed by atoms with Crippen LogP contribution in [0.3, 0.4) is 0 Å². The second-order valence-electron chi connectivity index (χ2n) is 8.80. The number of hydrogen-bond acceptors (Lipinski definition) is 5. The highest BCUT2D eigenvalue weighted by Crippen LogP contribution is 2.30. The van der Waals surface area contributed by atoms with E-state index < -0.39 is 11.5 Å². The summed E-state index contributed by atoms with van der Waals surface area (Å²) in [7, 11) is 0. The summed E-state index contributed by atoms with van der Waals surface area (Å²) in [6.45, 7) is 6.42. The van der Waals surface area contributed by atoms with Gasteiger partial charge in [0.2, 0.25) is 5.91 Å². The van der Waals surface area contributed by atoms with Crippen molar-refractivity contribution in [1.82, 2.24) is 20.0 Å². The number of ether oxygens (including phenoxy) is 1. The lowest BCUT2D eigenvalue weighted by molar-refractivity contribution is -0.133. The number of carbonyl (C=O) groups is 3. The van der Waals surface area contributed by atoms with Gasteiger partial charge >= 0.3 is 5.97 Å². The van der Waals surface area contributed by atoms with Crippen molar-refractivity contribution in [3.8, 4) is 0 Å². The van der Waals surface area contributed by atoms with E-state index in [0.717, 1.165) is 23.1 Å². The fourth-order valence-corrected chi connectivity index (χ4v) is 4.29. The normalized spacial score (nSPS) is 17.1. The Labute approximate surface area is 204 Å². The number of amides is 2. The molecule has 2 aromatic carbocycles. The van der Waals surface area contributed by atoms with Gasteiger partial charge in [0.05, 0.1) is 13.2 Å². The molecule has 1 atom stereocenters. The zero-order valence-electron chi connectivity index (χ0n) is 20.3. The SMILES string of the molecule is CCOC(=O)c1cc2n(n1)CC(C)(C(=O)NCc1ccccc1)N(Cc1cccc(CC)c1)C2=O. The number of esters is 1. The molecule has 0 saturated heterocycles. The Balaban J connectivity index is 1.68. The number of hydrogen-bond donors (Lipinski definition) is 1. The molecule has 8 nitrogen and oxygen atoms in total. The number of aromatic nitrogens is 2. The fourth-order valence-electron chi connectivity index (χ4n) is 4.29. The monoisotopic (exact) mass is 474 g/mol. The van der Waals surface area contributed by atoms with E-state index in [1.165, 1.54) is 10.7 Å². The molecular formula is C27H30N4O4. The molecule has 0 fully saturated rings. The number of nitrogens with zero attached hydrogens (tertiary/aromatic N) is 3. The average Bonchev–Trinajstić information content (AvgIpc) is 3.30. The molecule has 0 aliphatic carbocycles. The number of carbonyl (C=O) groups excluding carboxylic acids is 3. The molecule has 182 valence electrons. The van der Waals surface area contributed by atoms with E-state index in [1.54, 1.807) is 18.7 Å². The van der Waals surface area contributed by atoms with E-state index in [9.17, 15) is 14.4 Å². The van der Waals surface area contributed by atoms with E-state index in [1.807, 2.05) is 54.6 Å². The number of fused-ring (bicyclic) bond motifs is 1. The Kier molecular flexibility index (Phi) is 7.00. The van der Waals surface area contributed by atoms with E-state index in [2.05, 4.69) is 17.3 Å². The Morgan fingerprint density at radius 3 is 2.46 bits per heavy atom. The molecule has 1 N–H and O–H groups in total. The lowest BCUT2D eigenvalue weighted by atomic mass is 9.93. The maximum atomic E-state index is 13.7. The highest BCUT2D eigenvalue weighted by atomic mass is 16.5. The molecule has 0 bridgehead atoms. The zero-order chi connectivity index (χ0) is 25.0. The average molecular weight is 475 g/mol. The van der Waals surface area contributed by atoms with Crippen molar-refractivity contribution in [3.63, 3.8) is 0 Å². The zero-order valence-corrected chi connectivity index (χ0v) is 20.3. The van der Waals surface area contributed by atoms with Gasteiger partial charge in [0.15, 0.2) is 5.69 Å². The van der Waals surface area contributed by atoms with Crippen LogP contribution in [0.5, 0.6) is 0 Å². The summed E-state index contributed by atoms with van der Waals surface area (Å²) in [5.74, 6) is -1.25. The minimum Gasteiger partial charge on any atom is -0.461 e. The third-order valence-electron chi connectivity index (χ3n) is 6.31. The standard InChI is InChI=1S/C27H30N4O4/c1-4-19-12-9-13-21(14-19)17-30-24(32)23-15-22(25(33)35-5-2)29-31(23)18-27(30,3)26(34)28-16-20-10-7-6-8-11-20/h6-15H,4-5,16-18H2,1-3H3,(H,28,34). The summed E-state index contributed by atoms with van der Waals surface area (Å²) < 4.78 is 6.50. The predicted octanol–water partition coefficient (Wildman–Crippen LogP) is 3.35. The lowest BCUT2D eigenvalue weighted by Crippen LogP contribution is -2.63. The van der Waals surface area contributed by atoms with Crippen LogP contribution in [0.25, 0.3) is 0 Å². The minimum atomic E-state index is -1.22. The third-order valence-corrected chi connectivity index (χ3v) is 6.31. The van der Waals surface area contributed by atoms with Crippen LogP contribution < -0.4 is 5.32 Å². The predicted molar refractivity (Wildman–Crippen MR) is 131 cm³/mol. The van der Waals surface area contributed by atoms with Gasteiger partial charge in [-0.25, -0.2) is 4.79 Å². The second-order valence-corrected chi connectivity index (χ2v) is 8.80. The van der Waals surface area contributed by atoms with Crippen LogP contribution in [0, 0.1) is 0 Å². The van der Waals surface area contributed by atoms with E-state index in [4.69, 9.17) is 4.74 Å². The first-order valence-corrected chi connectivity index (χ1v) is 11.8. The number of aryl methyl sites for hydroxylation is 1. The van der Waals surface area contributed by atoms with Gasteiger partial charge in [-0.1, -0.05) is 61.5 Å². The van der Waals surface area contributed by atoms with Crippen molar-refractivity contribution in [3.05, 3.63) is 88.7 Å². The number of nitrogens with one attached hydrogen (secondary N) is 1. The highest BCUT2D eigenvalue weighted by Gasteiger charge is 2.48. The second kappa shape index (κ2) is 10.1. The Morgan fingerprint density at radius 1 is 1.03 bits per heavy atom. The number of rotatable bonds is 8. The Hall–Kier alpha value is -3.94. The molecule has 0 saturated carbocycles. The smallest absolute Gasteiger partial charge is 0.358 e. The quantitative estimate of drug-likeness (QED) is 0.506. The molecule has 3 aromatic rings. The van der Waals surface area contributed by atoms with Gasteiger partial charge in [-0.2, -0.15) is 5.10 Å². The summed E-state index contributed by atoms with van der Waals surface area (Å²) in [5.41, 5.74) is 2.12. The van der Waals surface area contributed by atoms with Crippen LogP contribution >= 0.6 is 0 Å². The van der Waals surface area contributed by atoms with Gasteiger partial charge in [0.1, 0.15) is 11.2 Å². The highest BCUT2D eigenvalue weighted by molar-refractivity contribution is 6.01. The fraction of sp³-hybridized carbons (Fsp3) is 0.333. The van der Waals surface area contributed by atoms with Crippen LogP contribution in [0.2, 0.25) is 0 Å². The molecule has 1 unspecified atom stereocenters. The molecule has 1 aliphatic heterocycles. The van der Waals surface area contributed by atoms with Gasteiger partial charge in [-0.05, 0) is 37.0 Å². The molecule has 4 rings (SSSR count). The maximum Gasteiger partial charge on any atom is 0.358 e. The van der Waals surface area contributed by atoms with Crippen molar-refractivity contribution in [2.24, 2.45) is 0 Å². The van der Waals surface area contributed by atoms with Crippen LogP contribution in [0.15, 0.2) is 60.7 Å². The van der Waals surface area contributed by atoms with E-state index in [0.29, 0.717) is 6.54 Å². The summed E-state index contributed by atoms with van der Waals surface area (Å²) in [6.07, 6.45) is 0.867. The summed E-state index contributed by atoms with van der Waals surface area (Å²) in [5, 5.41) is 7.28. The van der Waals surface area contributed by atoms with Gasteiger partial charge < -0.3 is 15.0 Å². The van der Waals surface area contributed by atoms with Crippen LogP contribution in [0.1, 0.15) is 58.4 Å². The van der Waals surface area contributed by atoms with Gasteiger partial charge in [0.25, 0.3) is 5.91 Å². The van der Waals surface area contributed by atoms with Crippen LogP contribution in [-0.4, -0.2) is 44.6 Å².